The predicted octanol–water partition coefficient (Wildman–Crippen LogP) is 1.83. The van der Waals surface area contributed by atoms with Crippen LogP contribution in [0.1, 0.15) is 30.9 Å². The van der Waals surface area contributed by atoms with Crippen LogP contribution in [0.4, 0.5) is 5.69 Å². The number of para-hydroxylation sites is 1. The van der Waals surface area contributed by atoms with Gasteiger partial charge in [-0.1, -0.05) is 18.2 Å². The summed E-state index contributed by atoms with van der Waals surface area (Å²) in [5, 5.41) is 0. The minimum absolute atomic E-state index is 0.118. The molecule has 0 aromatic heterocycles. The van der Waals surface area contributed by atoms with Gasteiger partial charge in [-0.15, -0.1) is 0 Å². The Kier molecular flexibility index (Phi) is 5.58. The van der Waals surface area contributed by atoms with E-state index in [0.717, 1.165) is 25.5 Å². The van der Waals surface area contributed by atoms with E-state index in [1.165, 1.54) is 0 Å². The Hall–Kier alpha value is -1.15. The molecule has 1 aromatic rings. The fraction of sp³-hybridized carbons (Fsp3) is 0.571. The van der Waals surface area contributed by atoms with Gasteiger partial charge in [-0.2, -0.15) is 8.42 Å². The van der Waals surface area contributed by atoms with E-state index in [4.69, 9.17) is 19.4 Å². The topological polar surface area (TPSA) is 87.9 Å². The first-order chi connectivity index (χ1) is 9.96. The van der Waals surface area contributed by atoms with Crippen LogP contribution in [0.5, 0.6) is 0 Å². The van der Waals surface area contributed by atoms with Crippen molar-refractivity contribution in [3.63, 3.8) is 0 Å². The fourth-order valence-electron chi connectivity index (χ4n) is 2.19. The van der Waals surface area contributed by atoms with Crippen molar-refractivity contribution in [3.8, 4) is 0 Å². The number of hydrogen-bond donors (Lipinski definition) is 1. The van der Waals surface area contributed by atoms with E-state index in [1.54, 1.807) is 12.1 Å². The first-order valence-corrected chi connectivity index (χ1v) is 8.73. The summed E-state index contributed by atoms with van der Waals surface area (Å²) in [7, 11) is -3.54. The molecule has 2 N–H and O–H groups in total. The summed E-state index contributed by atoms with van der Waals surface area (Å²) in [6, 6.07) is 7.18. The average Bonchev–Trinajstić information content (AvgIpc) is 2.44. The molecule has 1 saturated heterocycles. The van der Waals surface area contributed by atoms with Crippen LogP contribution in [-0.4, -0.2) is 34.2 Å². The van der Waals surface area contributed by atoms with E-state index in [2.05, 4.69) is 0 Å². The molecule has 7 heteroatoms. The quantitative estimate of drug-likeness (QED) is 0.636. The Morgan fingerprint density at radius 1 is 1.38 bits per heavy atom. The second-order valence-electron chi connectivity index (χ2n) is 5.04. The van der Waals surface area contributed by atoms with Gasteiger partial charge in [-0.05, 0) is 25.3 Å². The standard InChI is InChI=1S/C14H21NO5S/c1-21(16,17)19-10-13(11-6-2-3-7-12(11)15)20-14-8-4-5-9-18-14/h2-3,6-7,13-14H,4-5,8-10,15H2,1H3. The van der Waals surface area contributed by atoms with Crippen LogP contribution in [-0.2, 0) is 23.8 Å². The zero-order valence-corrected chi connectivity index (χ0v) is 12.8. The van der Waals surface area contributed by atoms with Gasteiger partial charge in [-0.25, -0.2) is 0 Å². The van der Waals surface area contributed by atoms with E-state index < -0.39 is 16.2 Å². The lowest BCUT2D eigenvalue weighted by Gasteiger charge is -2.28. The number of rotatable bonds is 6. The molecular formula is C14H21NO5S. The van der Waals surface area contributed by atoms with Crippen LogP contribution in [0.2, 0.25) is 0 Å². The van der Waals surface area contributed by atoms with E-state index in [9.17, 15) is 8.42 Å². The van der Waals surface area contributed by atoms with E-state index >= 15 is 0 Å². The third kappa shape index (κ3) is 5.28. The number of nitrogen functional groups attached to an aromatic ring is 1. The Morgan fingerprint density at radius 3 is 2.76 bits per heavy atom. The number of anilines is 1. The molecule has 118 valence electrons. The van der Waals surface area contributed by atoms with E-state index in [0.29, 0.717) is 17.9 Å². The molecular weight excluding hydrogens is 294 g/mol. The van der Waals surface area contributed by atoms with Gasteiger partial charge in [0.2, 0.25) is 0 Å². The molecule has 1 heterocycles. The van der Waals surface area contributed by atoms with Gasteiger partial charge < -0.3 is 15.2 Å². The monoisotopic (exact) mass is 315 g/mol. The van der Waals surface area contributed by atoms with Crippen molar-refractivity contribution >= 4 is 15.8 Å². The summed E-state index contributed by atoms with van der Waals surface area (Å²) in [6.07, 6.45) is 2.89. The Morgan fingerprint density at radius 2 is 2.14 bits per heavy atom. The highest BCUT2D eigenvalue weighted by Crippen LogP contribution is 2.28. The van der Waals surface area contributed by atoms with Crippen LogP contribution >= 0.6 is 0 Å². The second kappa shape index (κ2) is 7.22. The van der Waals surface area contributed by atoms with Gasteiger partial charge in [0.25, 0.3) is 10.1 Å². The van der Waals surface area contributed by atoms with Gasteiger partial charge >= 0.3 is 0 Å². The highest BCUT2D eigenvalue weighted by Gasteiger charge is 2.24. The van der Waals surface area contributed by atoms with Crippen molar-refractivity contribution < 1.29 is 22.1 Å². The molecule has 1 aliphatic heterocycles. The highest BCUT2D eigenvalue weighted by molar-refractivity contribution is 7.85. The summed E-state index contributed by atoms with van der Waals surface area (Å²) in [5.74, 6) is 0. The van der Waals surface area contributed by atoms with Gasteiger partial charge in [0.15, 0.2) is 6.29 Å². The summed E-state index contributed by atoms with van der Waals surface area (Å²) in [6.45, 7) is 0.529. The molecule has 1 aliphatic rings. The van der Waals surface area contributed by atoms with Gasteiger partial charge in [0, 0.05) is 17.9 Å². The number of benzene rings is 1. The van der Waals surface area contributed by atoms with Crippen molar-refractivity contribution in [3.05, 3.63) is 29.8 Å². The Balaban J connectivity index is 2.11. The maximum absolute atomic E-state index is 11.2. The van der Waals surface area contributed by atoms with Crippen LogP contribution < -0.4 is 5.73 Å². The molecule has 1 aromatic carbocycles. The van der Waals surface area contributed by atoms with E-state index in [1.807, 2.05) is 12.1 Å². The van der Waals surface area contributed by atoms with E-state index in [-0.39, 0.29) is 12.9 Å². The lowest BCUT2D eigenvalue weighted by molar-refractivity contribution is -0.194. The maximum Gasteiger partial charge on any atom is 0.264 e. The molecule has 0 saturated carbocycles. The average molecular weight is 315 g/mol. The van der Waals surface area contributed by atoms with Crippen LogP contribution in [0.25, 0.3) is 0 Å². The van der Waals surface area contributed by atoms with Crippen molar-refractivity contribution in [2.75, 3.05) is 25.2 Å². The number of hydrogen-bond acceptors (Lipinski definition) is 6. The van der Waals surface area contributed by atoms with Crippen molar-refractivity contribution in [1.29, 1.82) is 0 Å². The first kappa shape index (κ1) is 16.2. The first-order valence-electron chi connectivity index (χ1n) is 6.91. The minimum Gasteiger partial charge on any atom is -0.398 e. The highest BCUT2D eigenvalue weighted by atomic mass is 32.2. The zero-order chi connectivity index (χ0) is 15.3. The summed E-state index contributed by atoms with van der Waals surface area (Å²) < 4.78 is 38.7. The third-order valence-corrected chi connectivity index (χ3v) is 3.79. The predicted molar refractivity (Wildman–Crippen MR) is 79.1 cm³/mol. The Labute approximate surface area is 125 Å². The largest absolute Gasteiger partial charge is 0.398 e. The lowest BCUT2D eigenvalue weighted by Crippen LogP contribution is -2.27. The molecule has 0 spiro atoms. The molecule has 2 rings (SSSR count). The summed E-state index contributed by atoms with van der Waals surface area (Å²) >= 11 is 0. The van der Waals surface area contributed by atoms with Gasteiger partial charge in [0.1, 0.15) is 6.10 Å². The number of nitrogens with two attached hydrogens (primary N) is 1. The maximum atomic E-state index is 11.2. The van der Waals surface area contributed by atoms with Crippen molar-refractivity contribution in [1.82, 2.24) is 0 Å². The molecule has 2 atom stereocenters. The molecule has 0 amide bonds. The molecule has 0 radical (unpaired) electrons. The molecule has 0 aliphatic carbocycles. The number of ether oxygens (including phenoxy) is 2. The van der Waals surface area contributed by atoms with Gasteiger partial charge in [0.05, 0.1) is 12.9 Å². The minimum atomic E-state index is -3.54. The smallest absolute Gasteiger partial charge is 0.264 e. The van der Waals surface area contributed by atoms with Gasteiger partial charge in [-0.3, -0.25) is 4.18 Å². The van der Waals surface area contributed by atoms with Crippen molar-refractivity contribution in [2.45, 2.75) is 31.7 Å². The van der Waals surface area contributed by atoms with Crippen molar-refractivity contribution in [2.24, 2.45) is 0 Å². The third-order valence-electron chi connectivity index (χ3n) is 3.23. The second-order valence-corrected chi connectivity index (χ2v) is 6.68. The SMILES string of the molecule is CS(=O)(=O)OCC(OC1CCCCO1)c1ccccc1N. The van der Waals surface area contributed by atoms with Crippen LogP contribution in [0.3, 0.4) is 0 Å². The van der Waals surface area contributed by atoms with Crippen LogP contribution in [0.15, 0.2) is 24.3 Å². The fourth-order valence-corrected chi connectivity index (χ4v) is 2.56. The molecule has 2 unspecified atom stereocenters. The van der Waals surface area contributed by atoms with Crippen LogP contribution in [0, 0.1) is 0 Å². The zero-order valence-electron chi connectivity index (χ0n) is 12.0. The Bertz CT molecular complexity index is 554. The molecule has 21 heavy (non-hydrogen) atoms. The molecule has 0 bridgehead atoms. The molecule has 1 fully saturated rings. The summed E-state index contributed by atoms with van der Waals surface area (Å²) in [4.78, 5) is 0. The normalized spacial score (nSPS) is 21.1. The summed E-state index contributed by atoms with van der Waals surface area (Å²) in [5.41, 5.74) is 7.18. The molecule has 6 nitrogen and oxygen atoms in total. The lowest BCUT2D eigenvalue weighted by atomic mass is 10.1.